The second-order valence-corrected chi connectivity index (χ2v) is 7.28. The van der Waals surface area contributed by atoms with Gasteiger partial charge in [-0.3, -0.25) is 0 Å². The molecule has 1 N–H and O–H groups in total. The van der Waals surface area contributed by atoms with Gasteiger partial charge < -0.3 is 5.32 Å². The van der Waals surface area contributed by atoms with Gasteiger partial charge >= 0.3 is 0 Å². The second kappa shape index (κ2) is 6.60. The topological polar surface area (TPSA) is 46.2 Å². The zero-order valence-electron chi connectivity index (χ0n) is 10.5. The summed E-state index contributed by atoms with van der Waals surface area (Å²) >= 11 is 0. The zero-order chi connectivity index (χ0) is 12.0. The fourth-order valence-electron chi connectivity index (χ4n) is 2.10. The van der Waals surface area contributed by atoms with Crippen LogP contribution in [0.15, 0.2) is 0 Å². The van der Waals surface area contributed by atoms with Crippen LogP contribution in [0.25, 0.3) is 0 Å². The molecule has 3 nitrogen and oxygen atoms in total. The summed E-state index contributed by atoms with van der Waals surface area (Å²) in [6, 6.07) is 0.434. The van der Waals surface area contributed by atoms with Crippen LogP contribution in [0, 0.1) is 5.92 Å². The Morgan fingerprint density at radius 3 is 2.56 bits per heavy atom. The molecule has 1 aliphatic rings. The van der Waals surface area contributed by atoms with Gasteiger partial charge in [0.25, 0.3) is 0 Å². The molecule has 0 radical (unpaired) electrons. The Bertz CT molecular complexity index is 283. The van der Waals surface area contributed by atoms with Crippen molar-refractivity contribution in [3.8, 4) is 0 Å². The fourth-order valence-corrected chi connectivity index (χ4v) is 3.74. The highest BCUT2D eigenvalue weighted by Crippen LogP contribution is 2.27. The fraction of sp³-hybridized carbons (Fsp3) is 1.00. The maximum absolute atomic E-state index is 11.7. The summed E-state index contributed by atoms with van der Waals surface area (Å²) < 4.78 is 23.5. The quantitative estimate of drug-likeness (QED) is 0.713. The first kappa shape index (κ1) is 14.0. The molecule has 16 heavy (non-hydrogen) atoms. The first-order valence-electron chi connectivity index (χ1n) is 6.47. The standard InChI is InChI=1S/C12H25NO2S/c1-3-5-11(2)13-8-9-16(14,15)10-12-6-4-7-12/h11-13H,3-10H2,1-2H3. The minimum atomic E-state index is -2.81. The zero-order valence-corrected chi connectivity index (χ0v) is 11.4. The Balaban J connectivity index is 2.14. The largest absolute Gasteiger partial charge is 0.313 e. The van der Waals surface area contributed by atoms with Gasteiger partial charge in [-0.05, 0) is 32.1 Å². The van der Waals surface area contributed by atoms with E-state index in [4.69, 9.17) is 0 Å². The summed E-state index contributed by atoms with van der Waals surface area (Å²) in [4.78, 5) is 0. The Kier molecular flexibility index (Phi) is 5.76. The predicted molar refractivity (Wildman–Crippen MR) is 68.4 cm³/mol. The monoisotopic (exact) mass is 247 g/mol. The van der Waals surface area contributed by atoms with Crippen molar-refractivity contribution in [1.82, 2.24) is 5.32 Å². The summed E-state index contributed by atoms with van der Waals surface area (Å²) in [6.45, 7) is 4.86. The summed E-state index contributed by atoms with van der Waals surface area (Å²) in [6.07, 6.45) is 5.69. The number of sulfone groups is 1. The lowest BCUT2D eigenvalue weighted by molar-refractivity contribution is 0.347. The van der Waals surface area contributed by atoms with Gasteiger partial charge in [0, 0.05) is 12.6 Å². The molecule has 0 heterocycles. The molecule has 4 heteroatoms. The van der Waals surface area contributed by atoms with E-state index in [9.17, 15) is 8.42 Å². The maximum atomic E-state index is 11.7. The molecular formula is C12H25NO2S. The van der Waals surface area contributed by atoms with E-state index in [1.54, 1.807) is 0 Å². The molecule has 1 atom stereocenters. The molecule has 0 bridgehead atoms. The van der Waals surface area contributed by atoms with E-state index in [0.717, 1.165) is 25.7 Å². The van der Waals surface area contributed by atoms with E-state index >= 15 is 0 Å². The van der Waals surface area contributed by atoms with Crippen LogP contribution in [-0.2, 0) is 9.84 Å². The van der Waals surface area contributed by atoms with Crippen molar-refractivity contribution in [2.75, 3.05) is 18.1 Å². The Morgan fingerprint density at radius 2 is 2.06 bits per heavy atom. The minimum Gasteiger partial charge on any atom is -0.313 e. The van der Waals surface area contributed by atoms with Crippen LogP contribution in [0.4, 0.5) is 0 Å². The minimum absolute atomic E-state index is 0.303. The summed E-state index contributed by atoms with van der Waals surface area (Å²) in [5.41, 5.74) is 0. The van der Waals surface area contributed by atoms with Crippen LogP contribution in [-0.4, -0.2) is 32.5 Å². The summed E-state index contributed by atoms with van der Waals surface area (Å²) in [5.74, 6) is 1.17. The molecule has 96 valence electrons. The van der Waals surface area contributed by atoms with Crippen LogP contribution < -0.4 is 5.32 Å². The van der Waals surface area contributed by atoms with Gasteiger partial charge in [-0.25, -0.2) is 8.42 Å². The van der Waals surface area contributed by atoms with E-state index in [2.05, 4.69) is 19.2 Å². The molecule has 0 aromatic heterocycles. The Hall–Kier alpha value is -0.0900. The number of rotatable bonds is 8. The molecule has 0 aromatic rings. The lowest BCUT2D eigenvalue weighted by Gasteiger charge is -2.25. The third-order valence-corrected chi connectivity index (χ3v) is 5.15. The molecule has 1 aliphatic carbocycles. The van der Waals surface area contributed by atoms with E-state index in [1.165, 1.54) is 6.42 Å². The third kappa shape index (κ3) is 5.30. The maximum Gasteiger partial charge on any atom is 0.151 e. The van der Waals surface area contributed by atoms with Gasteiger partial charge in [-0.15, -0.1) is 0 Å². The van der Waals surface area contributed by atoms with E-state index in [-0.39, 0.29) is 0 Å². The molecule has 1 unspecified atom stereocenters. The predicted octanol–water partition coefficient (Wildman–Crippen LogP) is 1.98. The summed E-state index contributed by atoms with van der Waals surface area (Å²) in [5, 5.41) is 3.27. The number of hydrogen-bond donors (Lipinski definition) is 1. The van der Waals surface area contributed by atoms with Crippen molar-refractivity contribution in [1.29, 1.82) is 0 Å². The average Bonchev–Trinajstić information content (AvgIpc) is 2.12. The van der Waals surface area contributed by atoms with Gasteiger partial charge in [0.1, 0.15) is 0 Å². The molecule has 0 aliphatic heterocycles. The highest BCUT2D eigenvalue weighted by molar-refractivity contribution is 7.91. The first-order chi connectivity index (χ1) is 7.53. The lowest BCUT2D eigenvalue weighted by Crippen LogP contribution is -2.33. The molecule has 1 saturated carbocycles. The van der Waals surface area contributed by atoms with Crippen molar-refractivity contribution < 1.29 is 8.42 Å². The van der Waals surface area contributed by atoms with E-state index in [0.29, 0.717) is 30.0 Å². The van der Waals surface area contributed by atoms with Crippen LogP contribution in [0.1, 0.15) is 46.0 Å². The van der Waals surface area contributed by atoms with Crippen LogP contribution in [0.5, 0.6) is 0 Å². The number of hydrogen-bond acceptors (Lipinski definition) is 3. The van der Waals surface area contributed by atoms with Gasteiger partial charge in [0.15, 0.2) is 9.84 Å². The van der Waals surface area contributed by atoms with E-state index < -0.39 is 9.84 Å². The normalized spacial score (nSPS) is 19.4. The second-order valence-electron chi connectivity index (χ2n) is 5.06. The molecule has 0 saturated heterocycles. The highest BCUT2D eigenvalue weighted by atomic mass is 32.2. The van der Waals surface area contributed by atoms with Crippen LogP contribution in [0.2, 0.25) is 0 Å². The molecule has 1 rings (SSSR count). The Labute approximate surface area is 99.9 Å². The third-order valence-electron chi connectivity index (χ3n) is 3.34. The van der Waals surface area contributed by atoms with Gasteiger partial charge in [0.05, 0.1) is 11.5 Å². The van der Waals surface area contributed by atoms with E-state index in [1.807, 2.05) is 0 Å². The Morgan fingerprint density at radius 1 is 1.38 bits per heavy atom. The SMILES string of the molecule is CCCC(C)NCCS(=O)(=O)CC1CCC1. The highest BCUT2D eigenvalue weighted by Gasteiger charge is 2.24. The van der Waals surface area contributed by atoms with Crippen LogP contribution >= 0.6 is 0 Å². The molecule has 1 fully saturated rings. The van der Waals surface area contributed by atoms with Crippen molar-refractivity contribution >= 4 is 9.84 Å². The van der Waals surface area contributed by atoms with Crippen molar-refractivity contribution in [2.45, 2.75) is 52.0 Å². The first-order valence-corrected chi connectivity index (χ1v) is 8.29. The average molecular weight is 247 g/mol. The van der Waals surface area contributed by atoms with Crippen molar-refractivity contribution in [3.63, 3.8) is 0 Å². The summed E-state index contributed by atoms with van der Waals surface area (Å²) in [7, 11) is -2.81. The van der Waals surface area contributed by atoms with Crippen molar-refractivity contribution in [3.05, 3.63) is 0 Å². The van der Waals surface area contributed by atoms with Gasteiger partial charge in [0.2, 0.25) is 0 Å². The van der Waals surface area contributed by atoms with Gasteiger partial charge in [-0.2, -0.15) is 0 Å². The van der Waals surface area contributed by atoms with Crippen LogP contribution in [0.3, 0.4) is 0 Å². The van der Waals surface area contributed by atoms with Gasteiger partial charge in [-0.1, -0.05) is 19.8 Å². The smallest absolute Gasteiger partial charge is 0.151 e. The molecule has 0 spiro atoms. The molecule has 0 aromatic carbocycles. The molecular weight excluding hydrogens is 222 g/mol. The molecule has 0 amide bonds. The number of nitrogens with one attached hydrogen (secondary N) is 1. The van der Waals surface area contributed by atoms with Crippen molar-refractivity contribution in [2.24, 2.45) is 5.92 Å². The lowest BCUT2D eigenvalue weighted by atomic mass is 9.87.